The van der Waals surface area contributed by atoms with Crippen LogP contribution in [0.15, 0.2) is 50.6 Å². The van der Waals surface area contributed by atoms with Crippen LogP contribution in [0.25, 0.3) is 11.0 Å². The fraction of sp³-hybridized carbons (Fsp3) is 0.486. The Morgan fingerprint density at radius 3 is 2.55 bits per heavy atom. The maximum Gasteiger partial charge on any atom is 0.201 e. The molecular formula is C35H42N4O8S2. The second-order valence-corrected chi connectivity index (χ2v) is 16.6. The van der Waals surface area contributed by atoms with Crippen molar-refractivity contribution in [3.05, 3.63) is 74.7 Å². The first kappa shape index (κ1) is 34.1. The number of hydrogen-bond donors (Lipinski definition) is 7. The summed E-state index contributed by atoms with van der Waals surface area (Å²) in [4.78, 5) is 19.7. The number of fused-ring (bicyclic) bond motifs is 2. The Morgan fingerprint density at radius 1 is 1.16 bits per heavy atom. The topological polar surface area (TPSA) is 206 Å². The predicted octanol–water partition coefficient (Wildman–Crippen LogP) is 4.17. The molecule has 3 heterocycles. The van der Waals surface area contributed by atoms with E-state index in [1.54, 1.807) is 50.3 Å². The van der Waals surface area contributed by atoms with Gasteiger partial charge in [0.15, 0.2) is 5.96 Å². The van der Waals surface area contributed by atoms with Gasteiger partial charge in [0, 0.05) is 41.4 Å². The van der Waals surface area contributed by atoms with Crippen LogP contribution in [0.5, 0.6) is 11.5 Å². The number of anilines is 1. The Hall–Kier alpha value is -3.40. The van der Waals surface area contributed by atoms with Crippen molar-refractivity contribution in [2.24, 2.45) is 16.5 Å². The summed E-state index contributed by atoms with van der Waals surface area (Å²) in [5.41, 5.74) is 12.1. The summed E-state index contributed by atoms with van der Waals surface area (Å²) in [6, 6.07) is 6.95. The molecule has 2 aliphatic carbocycles. The van der Waals surface area contributed by atoms with E-state index in [-0.39, 0.29) is 52.0 Å². The molecule has 2 aromatic carbocycles. The van der Waals surface area contributed by atoms with Crippen LogP contribution in [0, 0.1) is 0 Å². The summed E-state index contributed by atoms with van der Waals surface area (Å²) in [7, 11) is 2.88. The highest BCUT2D eigenvalue weighted by Gasteiger charge is 2.48. The molecule has 9 N–H and O–H groups in total. The molecule has 7 rings (SSSR count). The molecule has 14 heteroatoms. The molecule has 1 aromatic heterocycles. The second-order valence-electron chi connectivity index (χ2n) is 14.1. The van der Waals surface area contributed by atoms with Gasteiger partial charge in [-0.05, 0) is 63.3 Å². The number of nitrogens with one attached hydrogen (secondary N) is 1. The summed E-state index contributed by atoms with van der Waals surface area (Å²) < 4.78 is 20.1. The number of hydrogen-bond acceptors (Lipinski definition) is 12. The number of aliphatic hydroxyl groups is 3. The molecule has 0 unspecified atom stereocenters. The second kappa shape index (κ2) is 12.7. The minimum atomic E-state index is -1.90. The third kappa shape index (κ3) is 6.06. The van der Waals surface area contributed by atoms with Gasteiger partial charge in [-0.25, -0.2) is 4.99 Å². The van der Waals surface area contributed by atoms with Crippen molar-refractivity contribution >= 4 is 44.2 Å². The van der Waals surface area contributed by atoms with Crippen molar-refractivity contribution in [1.82, 2.24) is 0 Å². The van der Waals surface area contributed by atoms with Gasteiger partial charge in [0.05, 0.1) is 29.6 Å². The highest BCUT2D eigenvalue weighted by Crippen LogP contribution is 2.53. The van der Waals surface area contributed by atoms with Crippen LogP contribution in [-0.4, -0.2) is 62.2 Å². The van der Waals surface area contributed by atoms with E-state index in [0.29, 0.717) is 34.9 Å². The van der Waals surface area contributed by atoms with Gasteiger partial charge in [0.25, 0.3) is 0 Å². The average molecular weight is 711 g/mol. The van der Waals surface area contributed by atoms with Crippen LogP contribution in [0.1, 0.15) is 79.9 Å². The molecule has 4 atom stereocenters. The molecule has 2 aliphatic heterocycles. The maximum atomic E-state index is 15.3. The Labute approximate surface area is 291 Å². The van der Waals surface area contributed by atoms with Crippen molar-refractivity contribution in [2.75, 3.05) is 17.8 Å². The van der Waals surface area contributed by atoms with Gasteiger partial charge in [-0.2, -0.15) is 0 Å². The molecule has 2 bridgehead atoms. The summed E-state index contributed by atoms with van der Waals surface area (Å²) >= 11 is 0. The summed E-state index contributed by atoms with van der Waals surface area (Å²) in [5, 5.41) is 44.1. The zero-order valence-corrected chi connectivity index (χ0v) is 29.0. The van der Waals surface area contributed by atoms with E-state index in [9.17, 15) is 20.5 Å². The van der Waals surface area contributed by atoms with E-state index in [2.05, 4.69) is 10.5 Å². The van der Waals surface area contributed by atoms with Crippen LogP contribution in [0.4, 0.5) is 5.69 Å². The molecule has 3 aromatic rings. The normalized spacial score (nSPS) is 26.7. The fourth-order valence-corrected chi connectivity index (χ4v) is 10.1. The summed E-state index contributed by atoms with van der Waals surface area (Å²) in [6.07, 6.45) is 6.52. The zero-order valence-electron chi connectivity index (χ0n) is 27.4. The number of guanidine groups is 1. The molecule has 0 radical (unpaired) electrons. The van der Waals surface area contributed by atoms with Crippen molar-refractivity contribution < 1.29 is 34.4 Å². The lowest BCUT2D eigenvalue weighted by Crippen LogP contribution is -2.46. The molecular weight excluding hydrogens is 669 g/mol. The number of nitrogens with zero attached hydrogens (tertiary/aromatic N) is 1. The van der Waals surface area contributed by atoms with Crippen LogP contribution in [0.3, 0.4) is 0 Å². The molecule has 0 saturated heterocycles. The highest BCUT2D eigenvalue weighted by molar-refractivity contribution is 8.76. The number of ether oxygens (including phenoxy) is 2. The van der Waals surface area contributed by atoms with E-state index in [0.717, 1.165) is 36.8 Å². The van der Waals surface area contributed by atoms with Gasteiger partial charge in [-0.15, -0.1) is 0 Å². The Kier molecular flexibility index (Phi) is 8.85. The van der Waals surface area contributed by atoms with Gasteiger partial charge >= 0.3 is 0 Å². The Morgan fingerprint density at radius 2 is 1.90 bits per heavy atom. The number of benzene rings is 2. The lowest BCUT2D eigenvalue weighted by Gasteiger charge is -2.38. The third-order valence-electron chi connectivity index (χ3n) is 10.0. The maximum absolute atomic E-state index is 15.3. The minimum absolute atomic E-state index is 0.0208. The minimum Gasteiger partial charge on any atom is -0.489 e. The van der Waals surface area contributed by atoms with Crippen LogP contribution < -0.4 is 31.8 Å². The quantitative estimate of drug-likeness (QED) is 0.0605. The number of nitrogens with two attached hydrogens (primary N) is 2. The SMILES string of the molecule is CC(C)(O)[C@@H]1Cc2c(c3c4oc5c(c(=O)c4c2OC2CCCC2)[C@H](c2ccc(NO)cc2)C=C[C@@]5(O)C[C@@](CO)(N=C(N)N)CSSC3)O1. The van der Waals surface area contributed by atoms with Crippen LogP contribution in [-0.2, 0) is 17.8 Å². The van der Waals surface area contributed by atoms with Crippen molar-refractivity contribution in [2.45, 2.75) is 93.0 Å². The lowest BCUT2D eigenvalue weighted by molar-refractivity contribution is -0.0232. The number of aliphatic imine (C=N–C) groups is 1. The fourth-order valence-electron chi connectivity index (χ4n) is 7.53. The van der Waals surface area contributed by atoms with Crippen molar-refractivity contribution in [3.63, 3.8) is 0 Å². The van der Waals surface area contributed by atoms with E-state index in [4.69, 9.17) is 25.4 Å². The molecule has 49 heavy (non-hydrogen) atoms. The molecule has 1 fully saturated rings. The lowest BCUT2D eigenvalue weighted by atomic mass is 9.74. The van der Waals surface area contributed by atoms with Gasteiger partial charge < -0.3 is 40.7 Å². The monoisotopic (exact) mass is 710 g/mol. The molecule has 0 amide bonds. The predicted molar refractivity (Wildman–Crippen MR) is 191 cm³/mol. The van der Waals surface area contributed by atoms with E-state index in [1.165, 1.54) is 21.6 Å². The van der Waals surface area contributed by atoms with E-state index >= 15 is 4.79 Å². The third-order valence-corrected chi connectivity index (χ3v) is 12.5. The first-order chi connectivity index (χ1) is 23.4. The average Bonchev–Trinajstić information content (AvgIpc) is 3.74. The summed E-state index contributed by atoms with van der Waals surface area (Å²) in [5.74, 6) is 0.625. The van der Waals surface area contributed by atoms with E-state index < -0.39 is 35.4 Å². The highest BCUT2D eigenvalue weighted by atomic mass is 33.1. The van der Waals surface area contributed by atoms with Gasteiger partial charge in [-0.3, -0.25) is 15.5 Å². The zero-order chi connectivity index (χ0) is 34.7. The smallest absolute Gasteiger partial charge is 0.201 e. The van der Waals surface area contributed by atoms with Crippen molar-refractivity contribution in [3.8, 4) is 11.5 Å². The largest absolute Gasteiger partial charge is 0.489 e. The molecule has 4 aliphatic rings. The first-order valence-corrected chi connectivity index (χ1v) is 19.0. The molecule has 262 valence electrons. The number of allylic oxidation sites excluding steroid dienone is 1. The van der Waals surface area contributed by atoms with E-state index in [1.807, 2.05) is 0 Å². The molecule has 1 saturated carbocycles. The van der Waals surface area contributed by atoms with Crippen molar-refractivity contribution in [1.29, 1.82) is 0 Å². The number of rotatable bonds is 7. The molecule has 0 spiro atoms. The van der Waals surface area contributed by atoms with Gasteiger partial charge in [0.2, 0.25) is 5.43 Å². The number of aliphatic hydroxyl groups excluding tert-OH is 1. The van der Waals surface area contributed by atoms with Gasteiger partial charge in [0.1, 0.15) is 45.5 Å². The summed E-state index contributed by atoms with van der Waals surface area (Å²) in [6.45, 7) is 2.91. The first-order valence-electron chi connectivity index (χ1n) is 16.5. The standard InChI is InChI=1S/C35H42N4O8S2/c1-33(2,42)24-13-22-28(46-24)23-14-48-49-17-34(16-40,38-32(36)37)15-35(43)12-11-21(18-7-9-19(39-44)10-8-18)25-27(41)26(30(23)47-31(25)35)29(22)45-20-5-3-4-6-20/h7-12,20-21,24,39-40,42-44H,3-6,13-17H2,1-2H3,(H4,36,37,38)/t21-,24-,34-,35+/m0/s1. The van der Waals surface area contributed by atoms with Gasteiger partial charge in [-0.1, -0.05) is 39.8 Å². The van der Waals surface area contributed by atoms with Crippen LogP contribution >= 0.6 is 21.6 Å². The Bertz CT molecular complexity index is 1880. The van der Waals surface area contributed by atoms with Crippen LogP contribution in [0.2, 0.25) is 0 Å². The molecule has 12 nitrogen and oxygen atoms in total. The Balaban J connectivity index is 1.55.